The molecule has 1 aromatic heterocycles. The van der Waals surface area contributed by atoms with Crippen molar-refractivity contribution in [1.29, 1.82) is 0 Å². The predicted molar refractivity (Wildman–Crippen MR) is 87.1 cm³/mol. The fourth-order valence-electron chi connectivity index (χ4n) is 3.34. The van der Waals surface area contributed by atoms with Crippen LogP contribution in [0.5, 0.6) is 0 Å². The number of para-hydroxylation sites is 1. The van der Waals surface area contributed by atoms with Gasteiger partial charge in [0.05, 0.1) is 12.2 Å². The van der Waals surface area contributed by atoms with Crippen molar-refractivity contribution in [2.24, 2.45) is 5.92 Å². The van der Waals surface area contributed by atoms with Crippen molar-refractivity contribution in [3.63, 3.8) is 0 Å². The summed E-state index contributed by atoms with van der Waals surface area (Å²) in [6.45, 7) is 1.34. The Balaban J connectivity index is 1.28. The molecule has 4 rings (SSSR count). The summed E-state index contributed by atoms with van der Waals surface area (Å²) in [6, 6.07) is 8.06. The minimum Gasteiger partial charge on any atom is -0.338 e. The maximum Gasteiger partial charge on any atom is 0.227 e. The van der Waals surface area contributed by atoms with Crippen LogP contribution in [0.15, 0.2) is 36.7 Å². The molecule has 3 heterocycles. The van der Waals surface area contributed by atoms with E-state index in [-0.39, 0.29) is 23.8 Å². The first-order chi connectivity index (χ1) is 11.7. The van der Waals surface area contributed by atoms with E-state index in [0.717, 1.165) is 11.3 Å². The Kier molecular flexibility index (Phi) is 3.76. The average Bonchev–Trinajstić information content (AvgIpc) is 3.05. The number of carbonyl (C=O) groups is 2. The molecule has 7 nitrogen and oxygen atoms in total. The molecule has 1 unspecified atom stereocenters. The van der Waals surface area contributed by atoms with E-state index in [1.807, 2.05) is 35.4 Å². The van der Waals surface area contributed by atoms with Gasteiger partial charge in [-0.3, -0.25) is 9.59 Å². The molecule has 1 aromatic carbocycles. The van der Waals surface area contributed by atoms with Crippen molar-refractivity contribution in [2.45, 2.75) is 25.3 Å². The Bertz CT molecular complexity index is 752. The number of likely N-dealkylation sites (tertiary alicyclic amines) is 1. The van der Waals surface area contributed by atoms with E-state index >= 15 is 0 Å². The Labute approximate surface area is 139 Å². The second-order valence-electron chi connectivity index (χ2n) is 6.42. The van der Waals surface area contributed by atoms with Crippen LogP contribution >= 0.6 is 0 Å². The molecular formula is C17H19N5O2. The lowest BCUT2D eigenvalue weighted by Gasteiger charge is -2.39. The normalized spacial score (nSPS) is 20.2. The number of carbonyl (C=O) groups excluding carboxylic acids is 2. The summed E-state index contributed by atoms with van der Waals surface area (Å²) in [5, 5.41) is 10.7. The minimum absolute atomic E-state index is 0.0191. The van der Waals surface area contributed by atoms with Gasteiger partial charge in [0.15, 0.2) is 0 Å². The molecule has 0 spiro atoms. The smallest absolute Gasteiger partial charge is 0.227 e. The third-order valence-corrected chi connectivity index (χ3v) is 4.85. The number of anilines is 1. The van der Waals surface area contributed by atoms with E-state index in [1.165, 1.54) is 0 Å². The standard InChI is InChI=1S/C17H19N5O2/c23-16(21-10-14(11-21)22-8-7-18-20-22)6-5-13-9-12-3-1-2-4-15(12)19-17(13)24/h1-4,7-8,13-14H,5-6,9-11H2,(H,19,24). The van der Waals surface area contributed by atoms with E-state index < -0.39 is 0 Å². The molecule has 2 aromatic rings. The molecule has 124 valence electrons. The molecule has 2 aliphatic rings. The molecule has 1 atom stereocenters. The molecule has 2 aliphatic heterocycles. The van der Waals surface area contributed by atoms with Gasteiger partial charge >= 0.3 is 0 Å². The molecular weight excluding hydrogens is 306 g/mol. The first-order valence-corrected chi connectivity index (χ1v) is 8.23. The van der Waals surface area contributed by atoms with Gasteiger partial charge in [-0.1, -0.05) is 23.4 Å². The largest absolute Gasteiger partial charge is 0.338 e. The van der Waals surface area contributed by atoms with Gasteiger partial charge in [-0.15, -0.1) is 5.10 Å². The summed E-state index contributed by atoms with van der Waals surface area (Å²) in [6.07, 6.45) is 5.16. The Morgan fingerprint density at radius 2 is 2.12 bits per heavy atom. The van der Waals surface area contributed by atoms with Gasteiger partial charge in [-0.2, -0.15) is 0 Å². The number of nitrogens with zero attached hydrogens (tertiary/aromatic N) is 4. The van der Waals surface area contributed by atoms with E-state index in [1.54, 1.807) is 10.9 Å². The van der Waals surface area contributed by atoms with Gasteiger partial charge in [-0.25, -0.2) is 4.68 Å². The monoisotopic (exact) mass is 325 g/mol. The number of hydrogen-bond donors (Lipinski definition) is 1. The summed E-state index contributed by atoms with van der Waals surface area (Å²) in [4.78, 5) is 26.3. The summed E-state index contributed by atoms with van der Waals surface area (Å²) in [5.74, 6) is -0.000126. The quantitative estimate of drug-likeness (QED) is 0.917. The maximum atomic E-state index is 12.3. The van der Waals surface area contributed by atoms with Crippen LogP contribution in [0.1, 0.15) is 24.4 Å². The highest BCUT2D eigenvalue weighted by molar-refractivity contribution is 5.96. The zero-order valence-electron chi connectivity index (χ0n) is 13.3. The number of fused-ring (bicyclic) bond motifs is 1. The third kappa shape index (κ3) is 2.77. The molecule has 0 aliphatic carbocycles. The van der Waals surface area contributed by atoms with Crippen molar-refractivity contribution in [3.8, 4) is 0 Å². The first-order valence-electron chi connectivity index (χ1n) is 8.23. The molecule has 2 amide bonds. The molecule has 1 fully saturated rings. The van der Waals surface area contributed by atoms with E-state index in [2.05, 4.69) is 15.6 Å². The highest BCUT2D eigenvalue weighted by atomic mass is 16.2. The van der Waals surface area contributed by atoms with Gasteiger partial charge in [0.2, 0.25) is 11.8 Å². The van der Waals surface area contributed by atoms with Gasteiger partial charge in [0.1, 0.15) is 0 Å². The Morgan fingerprint density at radius 1 is 1.29 bits per heavy atom. The topological polar surface area (TPSA) is 80.1 Å². The number of benzene rings is 1. The second-order valence-corrected chi connectivity index (χ2v) is 6.42. The van der Waals surface area contributed by atoms with Crippen LogP contribution in [0.25, 0.3) is 0 Å². The number of amides is 2. The fraction of sp³-hybridized carbons (Fsp3) is 0.412. The average molecular weight is 325 g/mol. The molecule has 24 heavy (non-hydrogen) atoms. The van der Waals surface area contributed by atoms with Gasteiger partial charge < -0.3 is 10.2 Å². The lowest BCUT2D eigenvalue weighted by atomic mass is 9.89. The zero-order valence-corrected chi connectivity index (χ0v) is 13.3. The van der Waals surface area contributed by atoms with Gasteiger partial charge in [-0.05, 0) is 24.5 Å². The summed E-state index contributed by atoms with van der Waals surface area (Å²) in [5.41, 5.74) is 2.04. The van der Waals surface area contributed by atoms with Crippen LogP contribution in [0.3, 0.4) is 0 Å². The third-order valence-electron chi connectivity index (χ3n) is 4.85. The van der Waals surface area contributed by atoms with Gasteiger partial charge in [0.25, 0.3) is 0 Å². The van der Waals surface area contributed by atoms with Crippen LogP contribution in [0.4, 0.5) is 5.69 Å². The molecule has 7 heteroatoms. The molecule has 0 bridgehead atoms. The molecule has 0 radical (unpaired) electrons. The van der Waals surface area contributed by atoms with Crippen molar-refractivity contribution in [1.82, 2.24) is 19.9 Å². The van der Waals surface area contributed by atoms with Gasteiger partial charge in [0, 0.05) is 37.3 Å². The predicted octanol–water partition coefficient (Wildman–Crippen LogP) is 1.25. The van der Waals surface area contributed by atoms with Crippen LogP contribution in [-0.4, -0.2) is 44.8 Å². The summed E-state index contributed by atoms with van der Waals surface area (Å²) >= 11 is 0. The van der Waals surface area contributed by atoms with E-state index in [4.69, 9.17) is 0 Å². The van der Waals surface area contributed by atoms with Crippen molar-refractivity contribution < 1.29 is 9.59 Å². The van der Waals surface area contributed by atoms with Crippen molar-refractivity contribution in [2.75, 3.05) is 18.4 Å². The van der Waals surface area contributed by atoms with Crippen molar-refractivity contribution in [3.05, 3.63) is 42.2 Å². The highest BCUT2D eigenvalue weighted by Gasteiger charge is 2.33. The summed E-state index contributed by atoms with van der Waals surface area (Å²) < 4.78 is 1.79. The number of nitrogens with one attached hydrogen (secondary N) is 1. The fourth-order valence-corrected chi connectivity index (χ4v) is 3.34. The van der Waals surface area contributed by atoms with Crippen LogP contribution in [-0.2, 0) is 16.0 Å². The Morgan fingerprint density at radius 3 is 2.92 bits per heavy atom. The second kappa shape index (κ2) is 6.07. The van der Waals surface area contributed by atoms with Crippen LogP contribution in [0.2, 0.25) is 0 Å². The van der Waals surface area contributed by atoms with E-state index in [9.17, 15) is 9.59 Å². The maximum absolute atomic E-state index is 12.3. The number of rotatable bonds is 4. The molecule has 0 saturated carbocycles. The summed E-state index contributed by atoms with van der Waals surface area (Å²) in [7, 11) is 0. The van der Waals surface area contributed by atoms with Crippen LogP contribution < -0.4 is 5.32 Å². The highest BCUT2D eigenvalue weighted by Crippen LogP contribution is 2.28. The zero-order chi connectivity index (χ0) is 16.5. The lowest BCUT2D eigenvalue weighted by molar-refractivity contribution is -0.137. The van der Waals surface area contributed by atoms with E-state index in [0.29, 0.717) is 32.4 Å². The number of aromatic nitrogens is 3. The molecule has 1 N–H and O–H groups in total. The molecule has 1 saturated heterocycles. The minimum atomic E-state index is -0.128. The number of hydrogen-bond acceptors (Lipinski definition) is 4. The van der Waals surface area contributed by atoms with Crippen LogP contribution in [0, 0.1) is 5.92 Å². The van der Waals surface area contributed by atoms with Crippen molar-refractivity contribution >= 4 is 17.5 Å². The Hall–Kier alpha value is -2.70. The SMILES string of the molecule is O=C1Nc2ccccc2CC1CCC(=O)N1CC(n2ccnn2)C1. The lowest BCUT2D eigenvalue weighted by Crippen LogP contribution is -2.51. The first kappa shape index (κ1) is 14.9.